The number of carboxylic acids is 1. The molecule has 0 aliphatic heterocycles. The summed E-state index contributed by atoms with van der Waals surface area (Å²) < 4.78 is 1.00. The Morgan fingerprint density at radius 1 is 1.10 bits per heavy atom. The number of aliphatic carboxylic acids is 1. The molecule has 0 heterocycles. The Hall–Kier alpha value is -2.40. The molecule has 0 saturated heterocycles. The van der Waals surface area contributed by atoms with Crippen LogP contribution in [0.1, 0.15) is 48.8 Å². The Morgan fingerprint density at radius 3 is 2.45 bits per heavy atom. The van der Waals surface area contributed by atoms with Gasteiger partial charge in [-0.05, 0) is 60.7 Å². The third-order valence-electron chi connectivity index (χ3n) is 5.52. The van der Waals surface area contributed by atoms with Crippen LogP contribution in [0.3, 0.4) is 0 Å². The molecule has 0 aromatic heterocycles. The highest BCUT2D eigenvalue weighted by atomic mass is 79.9. The summed E-state index contributed by atoms with van der Waals surface area (Å²) in [5, 5.41) is 8.96. The molecular weight excluding hydrogens is 430 g/mol. The van der Waals surface area contributed by atoms with Crippen molar-refractivity contribution in [2.24, 2.45) is 5.92 Å². The predicted octanol–water partition coefficient (Wildman–Crippen LogP) is 5.97. The standard InChI is InChI=1S/C24H26BrNO3/c1-17-19(12-15-23(27)28)8-5-9-22(17)26(16-18-10-13-21(25)14-11-18)24(29)20-6-3-2-4-7-20/h5,8-15,20H,2-4,6-7,16H2,1H3,(H,27,28). The summed E-state index contributed by atoms with van der Waals surface area (Å²) in [5.74, 6) is -0.772. The van der Waals surface area contributed by atoms with Crippen molar-refractivity contribution < 1.29 is 14.7 Å². The molecule has 1 N–H and O–H groups in total. The van der Waals surface area contributed by atoms with Gasteiger partial charge in [-0.2, -0.15) is 0 Å². The van der Waals surface area contributed by atoms with Gasteiger partial charge in [0.15, 0.2) is 0 Å². The predicted molar refractivity (Wildman–Crippen MR) is 120 cm³/mol. The number of benzene rings is 2. The van der Waals surface area contributed by atoms with Crippen molar-refractivity contribution in [3.63, 3.8) is 0 Å². The fourth-order valence-corrected chi connectivity index (χ4v) is 4.16. The minimum absolute atomic E-state index is 0.0526. The maximum atomic E-state index is 13.5. The average molecular weight is 456 g/mol. The first-order valence-corrected chi connectivity index (χ1v) is 10.8. The number of carboxylic acid groups (broad SMARTS) is 1. The highest BCUT2D eigenvalue weighted by Crippen LogP contribution is 2.31. The lowest BCUT2D eigenvalue weighted by Gasteiger charge is -2.31. The summed E-state index contributed by atoms with van der Waals surface area (Å²) >= 11 is 3.46. The van der Waals surface area contributed by atoms with E-state index >= 15 is 0 Å². The molecule has 1 aliphatic rings. The molecule has 1 fully saturated rings. The van der Waals surface area contributed by atoms with E-state index in [-0.39, 0.29) is 11.8 Å². The molecule has 2 aromatic rings. The second-order valence-electron chi connectivity index (χ2n) is 7.55. The number of rotatable bonds is 6. The smallest absolute Gasteiger partial charge is 0.328 e. The van der Waals surface area contributed by atoms with Gasteiger partial charge in [-0.1, -0.05) is 59.5 Å². The Labute approximate surface area is 180 Å². The number of anilines is 1. The second-order valence-corrected chi connectivity index (χ2v) is 8.46. The van der Waals surface area contributed by atoms with Crippen LogP contribution in [0.15, 0.2) is 53.0 Å². The Bertz CT molecular complexity index is 899. The molecule has 1 saturated carbocycles. The first-order valence-electron chi connectivity index (χ1n) is 10.0. The molecule has 2 aromatic carbocycles. The zero-order valence-electron chi connectivity index (χ0n) is 16.6. The first kappa shape index (κ1) is 21.3. The number of hydrogen-bond acceptors (Lipinski definition) is 2. The maximum absolute atomic E-state index is 13.5. The molecule has 5 heteroatoms. The van der Waals surface area contributed by atoms with Crippen LogP contribution in [-0.4, -0.2) is 17.0 Å². The minimum Gasteiger partial charge on any atom is -0.478 e. The number of carbonyl (C=O) groups excluding carboxylic acids is 1. The van der Waals surface area contributed by atoms with E-state index in [9.17, 15) is 9.59 Å². The number of hydrogen-bond donors (Lipinski definition) is 1. The molecule has 0 atom stereocenters. The second kappa shape index (κ2) is 9.88. The molecule has 29 heavy (non-hydrogen) atoms. The third-order valence-corrected chi connectivity index (χ3v) is 6.05. The summed E-state index contributed by atoms with van der Waals surface area (Å²) in [5.41, 5.74) is 3.62. The average Bonchev–Trinajstić information content (AvgIpc) is 2.73. The highest BCUT2D eigenvalue weighted by Gasteiger charge is 2.28. The van der Waals surface area contributed by atoms with Gasteiger partial charge in [0.25, 0.3) is 0 Å². The van der Waals surface area contributed by atoms with Crippen molar-refractivity contribution in [2.45, 2.75) is 45.6 Å². The van der Waals surface area contributed by atoms with Crippen molar-refractivity contribution in [1.82, 2.24) is 0 Å². The van der Waals surface area contributed by atoms with Gasteiger partial charge in [-0.15, -0.1) is 0 Å². The molecule has 0 bridgehead atoms. The molecule has 4 nitrogen and oxygen atoms in total. The fraction of sp³-hybridized carbons (Fsp3) is 0.333. The Morgan fingerprint density at radius 2 is 1.79 bits per heavy atom. The van der Waals surface area contributed by atoms with Gasteiger partial charge in [0.2, 0.25) is 5.91 Å². The Kier molecular flexibility index (Phi) is 7.26. The van der Waals surface area contributed by atoms with Gasteiger partial charge >= 0.3 is 5.97 Å². The summed E-state index contributed by atoms with van der Waals surface area (Å²) in [6.45, 7) is 2.44. The van der Waals surface area contributed by atoms with Crippen LogP contribution in [0.5, 0.6) is 0 Å². The molecule has 1 amide bonds. The first-order chi connectivity index (χ1) is 14.0. The quantitative estimate of drug-likeness (QED) is 0.545. The molecule has 0 spiro atoms. The summed E-state index contributed by atoms with van der Waals surface area (Å²) in [6.07, 6.45) is 8.00. The lowest BCUT2D eigenvalue weighted by Crippen LogP contribution is -2.37. The largest absolute Gasteiger partial charge is 0.478 e. The van der Waals surface area contributed by atoms with Gasteiger partial charge in [-0.3, -0.25) is 4.79 Å². The minimum atomic E-state index is -0.986. The summed E-state index contributed by atoms with van der Waals surface area (Å²) in [4.78, 5) is 26.3. The van der Waals surface area contributed by atoms with Crippen molar-refractivity contribution in [1.29, 1.82) is 0 Å². The van der Waals surface area contributed by atoms with E-state index in [1.54, 1.807) is 6.08 Å². The van der Waals surface area contributed by atoms with Gasteiger partial charge in [0.1, 0.15) is 0 Å². The van der Waals surface area contributed by atoms with E-state index in [0.29, 0.717) is 6.54 Å². The van der Waals surface area contributed by atoms with Crippen LogP contribution in [0.2, 0.25) is 0 Å². The van der Waals surface area contributed by atoms with E-state index in [0.717, 1.165) is 58.6 Å². The van der Waals surface area contributed by atoms with Crippen LogP contribution in [0, 0.1) is 12.8 Å². The zero-order valence-corrected chi connectivity index (χ0v) is 18.2. The van der Waals surface area contributed by atoms with Gasteiger partial charge < -0.3 is 10.0 Å². The topological polar surface area (TPSA) is 57.6 Å². The van der Waals surface area contributed by atoms with Crippen LogP contribution in [0.25, 0.3) is 6.08 Å². The van der Waals surface area contributed by atoms with E-state index in [2.05, 4.69) is 15.9 Å². The summed E-state index contributed by atoms with van der Waals surface area (Å²) in [6, 6.07) is 13.7. The van der Waals surface area contributed by atoms with Crippen molar-refractivity contribution in [2.75, 3.05) is 4.90 Å². The van der Waals surface area contributed by atoms with Crippen molar-refractivity contribution in [3.8, 4) is 0 Å². The molecule has 152 valence electrons. The maximum Gasteiger partial charge on any atom is 0.328 e. The molecule has 1 aliphatic carbocycles. The van der Waals surface area contributed by atoms with E-state index < -0.39 is 5.97 Å². The van der Waals surface area contributed by atoms with Gasteiger partial charge in [-0.25, -0.2) is 4.79 Å². The van der Waals surface area contributed by atoms with Crippen LogP contribution < -0.4 is 4.90 Å². The highest BCUT2D eigenvalue weighted by molar-refractivity contribution is 9.10. The van der Waals surface area contributed by atoms with Crippen LogP contribution in [0.4, 0.5) is 5.69 Å². The number of halogens is 1. The van der Waals surface area contributed by atoms with Gasteiger partial charge in [0, 0.05) is 22.2 Å². The zero-order chi connectivity index (χ0) is 20.8. The molecule has 3 rings (SSSR count). The van der Waals surface area contributed by atoms with E-state index in [1.165, 1.54) is 6.42 Å². The molecular formula is C24H26BrNO3. The number of carbonyl (C=O) groups is 2. The number of amides is 1. The molecule has 0 radical (unpaired) electrons. The van der Waals surface area contributed by atoms with Crippen LogP contribution in [-0.2, 0) is 16.1 Å². The normalized spacial score (nSPS) is 14.8. The van der Waals surface area contributed by atoms with Crippen molar-refractivity contribution in [3.05, 3.63) is 69.7 Å². The van der Waals surface area contributed by atoms with Crippen LogP contribution >= 0.6 is 15.9 Å². The molecule has 0 unspecified atom stereocenters. The van der Waals surface area contributed by atoms with E-state index in [4.69, 9.17) is 5.11 Å². The lowest BCUT2D eigenvalue weighted by molar-refractivity contribution is -0.131. The summed E-state index contributed by atoms with van der Waals surface area (Å²) in [7, 11) is 0. The SMILES string of the molecule is Cc1c(C=CC(=O)O)cccc1N(Cc1ccc(Br)cc1)C(=O)C1CCCCC1. The van der Waals surface area contributed by atoms with Gasteiger partial charge in [0.05, 0.1) is 6.54 Å². The fourth-order valence-electron chi connectivity index (χ4n) is 3.90. The monoisotopic (exact) mass is 455 g/mol. The Balaban J connectivity index is 1.97. The van der Waals surface area contributed by atoms with E-state index in [1.807, 2.05) is 54.3 Å². The van der Waals surface area contributed by atoms with Crippen molar-refractivity contribution >= 4 is 39.6 Å². The number of nitrogens with zero attached hydrogens (tertiary/aromatic N) is 1. The lowest BCUT2D eigenvalue weighted by atomic mass is 9.88. The third kappa shape index (κ3) is 5.57.